The molecule has 2 aromatic rings. The number of hydrogen-bond donors (Lipinski definition) is 2. The van der Waals surface area contributed by atoms with Gasteiger partial charge in [0.05, 0.1) is 17.1 Å². The highest BCUT2D eigenvalue weighted by atomic mass is 35.5. The summed E-state index contributed by atoms with van der Waals surface area (Å²) in [5.41, 5.74) is 6.77. The van der Waals surface area contributed by atoms with Crippen molar-refractivity contribution in [1.29, 1.82) is 0 Å². The maximum absolute atomic E-state index is 11.7. The molecule has 0 radical (unpaired) electrons. The van der Waals surface area contributed by atoms with Crippen molar-refractivity contribution in [3.8, 4) is 0 Å². The summed E-state index contributed by atoms with van der Waals surface area (Å²) in [5.74, 6) is 0.156. The minimum absolute atomic E-state index is 0.135. The highest BCUT2D eigenvalue weighted by Crippen LogP contribution is 2.24. The molecular formula is C11H10ClN3OS2. The summed E-state index contributed by atoms with van der Waals surface area (Å²) >= 11 is 8.73. The monoisotopic (exact) mass is 299 g/mol. The van der Waals surface area contributed by atoms with E-state index >= 15 is 0 Å². The van der Waals surface area contributed by atoms with Crippen LogP contribution in [0.2, 0.25) is 5.02 Å². The third-order valence-corrected chi connectivity index (χ3v) is 4.23. The molecule has 7 heteroatoms. The standard InChI is InChI=1S/C11H10ClN3OS2/c12-7-1-2-8(13)9(5-7)15-10(16)6-18-11-14-3-4-17-11/h1-5H,6,13H2,(H,15,16). The lowest BCUT2D eigenvalue weighted by atomic mass is 10.2. The summed E-state index contributed by atoms with van der Waals surface area (Å²) in [5, 5.41) is 5.13. The van der Waals surface area contributed by atoms with E-state index < -0.39 is 0 Å². The van der Waals surface area contributed by atoms with Crippen molar-refractivity contribution < 1.29 is 4.79 Å². The van der Waals surface area contributed by atoms with Gasteiger partial charge in [-0.3, -0.25) is 4.79 Å². The van der Waals surface area contributed by atoms with Crippen LogP contribution < -0.4 is 11.1 Å². The van der Waals surface area contributed by atoms with Crippen LogP contribution in [0.5, 0.6) is 0 Å². The zero-order valence-corrected chi connectivity index (χ0v) is 11.6. The molecule has 0 spiro atoms. The number of benzene rings is 1. The second kappa shape index (κ2) is 6.08. The van der Waals surface area contributed by atoms with E-state index in [2.05, 4.69) is 10.3 Å². The summed E-state index contributed by atoms with van der Waals surface area (Å²) in [6, 6.07) is 4.96. The number of nitrogens with zero attached hydrogens (tertiary/aromatic N) is 1. The summed E-state index contributed by atoms with van der Waals surface area (Å²) in [4.78, 5) is 15.8. The first-order chi connectivity index (χ1) is 8.65. The Morgan fingerprint density at radius 2 is 2.39 bits per heavy atom. The van der Waals surface area contributed by atoms with Crippen LogP contribution >= 0.6 is 34.7 Å². The van der Waals surface area contributed by atoms with Crippen molar-refractivity contribution in [3.05, 3.63) is 34.8 Å². The predicted molar refractivity (Wildman–Crippen MR) is 77.3 cm³/mol. The fraction of sp³-hybridized carbons (Fsp3) is 0.0909. The minimum Gasteiger partial charge on any atom is -0.397 e. The van der Waals surface area contributed by atoms with E-state index in [9.17, 15) is 4.79 Å². The van der Waals surface area contributed by atoms with E-state index in [0.717, 1.165) is 4.34 Å². The Hall–Kier alpha value is -1.24. The molecule has 0 aliphatic heterocycles. The Morgan fingerprint density at radius 3 is 3.11 bits per heavy atom. The van der Waals surface area contributed by atoms with Crippen LogP contribution in [-0.2, 0) is 4.79 Å². The maximum Gasteiger partial charge on any atom is 0.234 e. The first-order valence-electron chi connectivity index (χ1n) is 5.02. The van der Waals surface area contributed by atoms with Gasteiger partial charge in [0.25, 0.3) is 0 Å². The van der Waals surface area contributed by atoms with Crippen LogP contribution in [-0.4, -0.2) is 16.6 Å². The maximum atomic E-state index is 11.7. The van der Waals surface area contributed by atoms with E-state index in [-0.39, 0.29) is 5.91 Å². The number of aromatic nitrogens is 1. The molecule has 1 aromatic carbocycles. The number of nitrogens with two attached hydrogens (primary N) is 1. The zero-order chi connectivity index (χ0) is 13.0. The average molecular weight is 300 g/mol. The molecule has 4 nitrogen and oxygen atoms in total. The van der Waals surface area contributed by atoms with Gasteiger partial charge in [-0.15, -0.1) is 11.3 Å². The number of hydrogen-bond acceptors (Lipinski definition) is 5. The van der Waals surface area contributed by atoms with Crippen molar-refractivity contribution >= 4 is 52.0 Å². The molecule has 2 rings (SSSR count). The third-order valence-electron chi connectivity index (χ3n) is 2.03. The van der Waals surface area contributed by atoms with Crippen LogP contribution in [0.25, 0.3) is 0 Å². The van der Waals surface area contributed by atoms with Crippen molar-refractivity contribution in [2.24, 2.45) is 0 Å². The SMILES string of the molecule is Nc1ccc(Cl)cc1NC(=O)CSc1nccs1. The van der Waals surface area contributed by atoms with Crippen LogP contribution in [0.1, 0.15) is 0 Å². The average Bonchev–Trinajstić information content (AvgIpc) is 2.84. The fourth-order valence-corrected chi connectivity index (χ4v) is 2.84. The van der Waals surface area contributed by atoms with E-state index in [1.54, 1.807) is 24.4 Å². The Bertz CT molecular complexity index is 545. The molecule has 0 saturated heterocycles. The normalized spacial score (nSPS) is 10.3. The first kappa shape index (κ1) is 13.2. The van der Waals surface area contributed by atoms with Crippen LogP contribution in [0.15, 0.2) is 34.1 Å². The molecule has 0 bridgehead atoms. The number of thioether (sulfide) groups is 1. The number of halogens is 1. The summed E-state index contributed by atoms with van der Waals surface area (Å²) < 4.78 is 0.865. The second-order valence-corrected chi connectivity index (χ2v) is 5.92. The Morgan fingerprint density at radius 1 is 1.56 bits per heavy atom. The van der Waals surface area contributed by atoms with E-state index in [1.165, 1.54) is 23.1 Å². The van der Waals surface area contributed by atoms with Gasteiger partial charge in [0.15, 0.2) is 0 Å². The predicted octanol–water partition coefficient (Wildman–Crippen LogP) is 3.11. The van der Waals surface area contributed by atoms with Crippen molar-refractivity contribution in [2.75, 3.05) is 16.8 Å². The molecule has 94 valence electrons. The number of amides is 1. The van der Waals surface area contributed by atoms with Gasteiger partial charge in [-0.05, 0) is 18.2 Å². The molecular weight excluding hydrogens is 290 g/mol. The largest absolute Gasteiger partial charge is 0.397 e. The minimum atomic E-state index is -0.135. The molecule has 0 aliphatic carbocycles. The van der Waals surface area contributed by atoms with Crippen molar-refractivity contribution in [2.45, 2.75) is 4.34 Å². The van der Waals surface area contributed by atoms with Gasteiger partial charge in [-0.1, -0.05) is 23.4 Å². The molecule has 1 heterocycles. The summed E-state index contributed by atoms with van der Waals surface area (Å²) in [6.45, 7) is 0. The van der Waals surface area contributed by atoms with Crippen LogP contribution in [0, 0.1) is 0 Å². The lowest BCUT2D eigenvalue weighted by molar-refractivity contribution is -0.113. The van der Waals surface area contributed by atoms with Gasteiger partial charge < -0.3 is 11.1 Å². The molecule has 1 aromatic heterocycles. The molecule has 3 N–H and O–H groups in total. The highest BCUT2D eigenvalue weighted by Gasteiger charge is 2.07. The quantitative estimate of drug-likeness (QED) is 0.672. The van der Waals surface area contributed by atoms with Crippen molar-refractivity contribution in [3.63, 3.8) is 0 Å². The number of thiazole rings is 1. The summed E-state index contributed by atoms with van der Waals surface area (Å²) in [7, 11) is 0. The molecule has 0 atom stereocenters. The molecule has 0 aliphatic rings. The lowest BCUT2D eigenvalue weighted by Gasteiger charge is -2.07. The van der Waals surface area contributed by atoms with Gasteiger partial charge in [0.2, 0.25) is 5.91 Å². The van der Waals surface area contributed by atoms with Gasteiger partial charge in [-0.2, -0.15) is 0 Å². The van der Waals surface area contributed by atoms with Gasteiger partial charge in [-0.25, -0.2) is 4.98 Å². The van der Waals surface area contributed by atoms with E-state index in [1.807, 2.05) is 5.38 Å². The Balaban J connectivity index is 1.92. The Kier molecular flexibility index (Phi) is 4.46. The Labute approximate surface area is 118 Å². The molecule has 0 saturated carbocycles. The number of anilines is 2. The zero-order valence-electron chi connectivity index (χ0n) is 9.22. The number of nitrogens with one attached hydrogen (secondary N) is 1. The second-order valence-electron chi connectivity index (χ2n) is 3.37. The van der Waals surface area contributed by atoms with Crippen LogP contribution in [0.3, 0.4) is 0 Å². The number of rotatable bonds is 4. The highest BCUT2D eigenvalue weighted by molar-refractivity contribution is 8.01. The number of nitrogen functional groups attached to an aromatic ring is 1. The van der Waals surface area contributed by atoms with Gasteiger partial charge in [0.1, 0.15) is 4.34 Å². The smallest absolute Gasteiger partial charge is 0.234 e. The molecule has 0 fully saturated rings. The van der Waals surface area contributed by atoms with Gasteiger partial charge >= 0.3 is 0 Å². The molecule has 18 heavy (non-hydrogen) atoms. The fourth-order valence-electron chi connectivity index (χ4n) is 1.23. The van der Waals surface area contributed by atoms with E-state index in [0.29, 0.717) is 22.2 Å². The third kappa shape index (κ3) is 3.63. The number of carbonyl (C=O) groups excluding carboxylic acids is 1. The van der Waals surface area contributed by atoms with Crippen molar-refractivity contribution in [1.82, 2.24) is 4.98 Å². The first-order valence-corrected chi connectivity index (χ1v) is 7.26. The van der Waals surface area contributed by atoms with Gasteiger partial charge in [0, 0.05) is 16.6 Å². The molecule has 1 amide bonds. The van der Waals surface area contributed by atoms with E-state index in [4.69, 9.17) is 17.3 Å². The topological polar surface area (TPSA) is 68.0 Å². The lowest BCUT2D eigenvalue weighted by Crippen LogP contribution is -2.15. The number of carbonyl (C=O) groups is 1. The molecule has 0 unspecified atom stereocenters. The van der Waals surface area contributed by atoms with Crippen LogP contribution in [0.4, 0.5) is 11.4 Å². The summed E-state index contributed by atoms with van der Waals surface area (Å²) in [6.07, 6.45) is 1.71.